The minimum absolute atomic E-state index is 0.823. The van der Waals surface area contributed by atoms with Crippen LogP contribution in [0.1, 0.15) is 11.1 Å². The summed E-state index contributed by atoms with van der Waals surface area (Å²) in [6, 6.07) is 5.47. The molecule has 0 aliphatic rings. The van der Waals surface area contributed by atoms with Crippen LogP contribution in [0.4, 0.5) is 0 Å². The van der Waals surface area contributed by atoms with E-state index in [0.29, 0.717) is 0 Å². The van der Waals surface area contributed by atoms with Crippen LogP contribution in [0, 0.1) is 24.7 Å². The molecule has 0 unspecified atom stereocenters. The van der Waals surface area contributed by atoms with Crippen molar-refractivity contribution in [3.8, 4) is 24.7 Å². The first-order valence-corrected chi connectivity index (χ1v) is 3.80. The first-order valence-electron chi connectivity index (χ1n) is 3.00. The van der Waals surface area contributed by atoms with Crippen molar-refractivity contribution in [2.75, 3.05) is 0 Å². The Morgan fingerprint density at radius 2 is 1.91 bits per heavy atom. The average molecular weight is 205 g/mol. The van der Waals surface area contributed by atoms with Gasteiger partial charge in [-0.25, -0.2) is 0 Å². The van der Waals surface area contributed by atoms with Crippen LogP contribution >= 0.6 is 15.9 Å². The zero-order chi connectivity index (χ0) is 8.27. The summed E-state index contributed by atoms with van der Waals surface area (Å²) in [6.45, 7) is 0. The summed E-state index contributed by atoms with van der Waals surface area (Å²) < 4.78 is 0.871. The largest absolute Gasteiger partial charge is 0.115 e. The second-order valence-electron chi connectivity index (χ2n) is 1.98. The van der Waals surface area contributed by atoms with E-state index in [1.807, 2.05) is 18.2 Å². The molecule has 0 N–H and O–H groups in total. The maximum Gasteiger partial charge on any atom is 0.0385 e. The summed E-state index contributed by atoms with van der Waals surface area (Å²) in [5.74, 6) is 5.05. The fourth-order valence-corrected chi connectivity index (χ4v) is 1.22. The van der Waals surface area contributed by atoms with E-state index in [4.69, 9.17) is 12.8 Å². The normalized spacial score (nSPS) is 8.27. The molecule has 1 aromatic rings. The van der Waals surface area contributed by atoms with E-state index < -0.39 is 0 Å². The van der Waals surface area contributed by atoms with Gasteiger partial charge in [-0.15, -0.1) is 12.8 Å². The molecule has 1 rings (SSSR count). The van der Waals surface area contributed by atoms with Crippen LogP contribution in [-0.4, -0.2) is 0 Å². The Labute approximate surface area is 74.8 Å². The lowest BCUT2D eigenvalue weighted by atomic mass is 10.1. The van der Waals surface area contributed by atoms with Crippen LogP contribution in [0.15, 0.2) is 22.7 Å². The molecule has 52 valence electrons. The summed E-state index contributed by atoms with van der Waals surface area (Å²) in [4.78, 5) is 0. The third-order valence-corrected chi connectivity index (χ3v) is 1.95. The third kappa shape index (κ3) is 1.64. The molecule has 0 aliphatic heterocycles. The zero-order valence-electron chi connectivity index (χ0n) is 5.76. The van der Waals surface area contributed by atoms with E-state index in [-0.39, 0.29) is 0 Å². The quantitative estimate of drug-likeness (QED) is 0.570. The molecular formula is C10H5Br. The summed E-state index contributed by atoms with van der Waals surface area (Å²) in [6.07, 6.45) is 10.4. The molecule has 0 radical (unpaired) electrons. The summed E-state index contributed by atoms with van der Waals surface area (Å²) in [5, 5.41) is 0. The van der Waals surface area contributed by atoms with E-state index in [1.165, 1.54) is 0 Å². The first kappa shape index (κ1) is 7.92. The van der Waals surface area contributed by atoms with Gasteiger partial charge in [0.15, 0.2) is 0 Å². The molecule has 0 bridgehead atoms. The maximum atomic E-state index is 5.21. The van der Waals surface area contributed by atoms with Crippen LogP contribution < -0.4 is 0 Å². The van der Waals surface area contributed by atoms with Gasteiger partial charge in [0.25, 0.3) is 0 Å². The van der Waals surface area contributed by atoms with Gasteiger partial charge in [-0.05, 0) is 34.1 Å². The van der Waals surface area contributed by atoms with E-state index in [1.54, 1.807) is 0 Å². The number of hydrogen-bond donors (Lipinski definition) is 0. The maximum absolute atomic E-state index is 5.21. The van der Waals surface area contributed by atoms with E-state index >= 15 is 0 Å². The lowest BCUT2D eigenvalue weighted by Crippen LogP contribution is -1.79. The molecule has 11 heavy (non-hydrogen) atoms. The minimum atomic E-state index is 0.823. The summed E-state index contributed by atoms with van der Waals surface area (Å²) in [7, 11) is 0. The highest BCUT2D eigenvalue weighted by molar-refractivity contribution is 9.10. The van der Waals surface area contributed by atoms with Gasteiger partial charge in [0.05, 0.1) is 0 Å². The van der Waals surface area contributed by atoms with Gasteiger partial charge >= 0.3 is 0 Å². The van der Waals surface area contributed by atoms with Crippen molar-refractivity contribution < 1.29 is 0 Å². The van der Waals surface area contributed by atoms with Crippen molar-refractivity contribution in [3.05, 3.63) is 33.8 Å². The van der Waals surface area contributed by atoms with Gasteiger partial charge in [0, 0.05) is 15.6 Å². The van der Waals surface area contributed by atoms with Crippen molar-refractivity contribution in [2.24, 2.45) is 0 Å². The Balaban J connectivity index is 3.25. The molecule has 0 nitrogen and oxygen atoms in total. The first-order chi connectivity index (χ1) is 5.27. The number of terminal acetylenes is 2. The molecule has 0 saturated heterocycles. The molecule has 0 atom stereocenters. The van der Waals surface area contributed by atoms with E-state index in [9.17, 15) is 0 Å². The smallest absolute Gasteiger partial charge is 0.0385 e. The highest BCUT2D eigenvalue weighted by Crippen LogP contribution is 2.16. The minimum Gasteiger partial charge on any atom is -0.115 e. The predicted octanol–water partition coefficient (Wildman–Crippen LogP) is 2.41. The van der Waals surface area contributed by atoms with Crippen LogP contribution in [0.2, 0.25) is 0 Å². The topological polar surface area (TPSA) is 0 Å². The van der Waals surface area contributed by atoms with Crippen LogP contribution in [0.25, 0.3) is 0 Å². The highest BCUT2D eigenvalue weighted by Gasteiger charge is 1.95. The molecule has 0 aliphatic carbocycles. The van der Waals surface area contributed by atoms with Gasteiger partial charge in [0.2, 0.25) is 0 Å². The van der Waals surface area contributed by atoms with E-state index in [2.05, 4.69) is 27.8 Å². The number of hydrogen-bond acceptors (Lipinski definition) is 0. The molecule has 1 aromatic carbocycles. The van der Waals surface area contributed by atoms with E-state index in [0.717, 1.165) is 15.6 Å². The lowest BCUT2D eigenvalue weighted by molar-refractivity contribution is 1.56. The van der Waals surface area contributed by atoms with Gasteiger partial charge < -0.3 is 0 Å². The third-order valence-electron chi connectivity index (χ3n) is 1.29. The Kier molecular flexibility index (Phi) is 2.36. The van der Waals surface area contributed by atoms with Gasteiger partial charge in [0.1, 0.15) is 0 Å². The Hall–Kier alpha value is -1.18. The van der Waals surface area contributed by atoms with Gasteiger partial charge in [-0.1, -0.05) is 11.8 Å². The highest BCUT2D eigenvalue weighted by atomic mass is 79.9. The fraction of sp³-hybridized carbons (Fsp3) is 0. The molecule has 0 amide bonds. The number of rotatable bonds is 0. The van der Waals surface area contributed by atoms with Crippen LogP contribution in [0.5, 0.6) is 0 Å². The predicted molar refractivity (Wildman–Crippen MR) is 50.0 cm³/mol. The molecule has 0 spiro atoms. The molecule has 1 heteroatoms. The van der Waals surface area contributed by atoms with Crippen molar-refractivity contribution in [3.63, 3.8) is 0 Å². The monoisotopic (exact) mass is 204 g/mol. The van der Waals surface area contributed by atoms with Crippen molar-refractivity contribution in [2.45, 2.75) is 0 Å². The molecule has 0 saturated carbocycles. The van der Waals surface area contributed by atoms with Crippen molar-refractivity contribution in [1.82, 2.24) is 0 Å². The Bertz CT molecular complexity index is 350. The second kappa shape index (κ2) is 3.28. The van der Waals surface area contributed by atoms with Crippen LogP contribution in [-0.2, 0) is 0 Å². The summed E-state index contributed by atoms with van der Waals surface area (Å²) >= 11 is 3.31. The van der Waals surface area contributed by atoms with Crippen LogP contribution in [0.3, 0.4) is 0 Å². The second-order valence-corrected chi connectivity index (χ2v) is 2.84. The number of halogens is 1. The Morgan fingerprint density at radius 1 is 1.18 bits per heavy atom. The molecule has 0 heterocycles. The fourth-order valence-electron chi connectivity index (χ4n) is 0.722. The summed E-state index contributed by atoms with van der Waals surface area (Å²) in [5.41, 5.74) is 1.65. The number of benzene rings is 1. The average Bonchev–Trinajstić information content (AvgIpc) is 2.04. The van der Waals surface area contributed by atoms with Crippen molar-refractivity contribution >= 4 is 15.9 Å². The van der Waals surface area contributed by atoms with Gasteiger partial charge in [-0.3, -0.25) is 0 Å². The molecular weight excluding hydrogens is 200 g/mol. The van der Waals surface area contributed by atoms with Gasteiger partial charge in [-0.2, -0.15) is 0 Å². The SMILES string of the molecule is C#Cc1ccc(C#C)c(Br)c1. The van der Waals surface area contributed by atoms with Crippen molar-refractivity contribution in [1.29, 1.82) is 0 Å². The standard InChI is InChI=1S/C10H5Br/c1-3-8-5-6-9(4-2)10(11)7-8/h1-2,5-7H. The zero-order valence-corrected chi connectivity index (χ0v) is 7.35. The molecule has 0 fully saturated rings. The lowest BCUT2D eigenvalue weighted by Gasteiger charge is -1.95. The Morgan fingerprint density at radius 3 is 2.36 bits per heavy atom. The molecule has 0 aromatic heterocycles.